The molecule has 8 nitrogen and oxygen atoms in total. The summed E-state index contributed by atoms with van der Waals surface area (Å²) in [4.78, 5) is 28.7. The van der Waals surface area contributed by atoms with Crippen molar-refractivity contribution < 1.29 is 27.9 Å². The zero-order chi connectivity index (χ0) is 29.8. The molecule has 0 aliphatic carbocycles. The number of sulfone groups is 1. The molecule has 0 fully saturated rings. The smallest absolute Gasteiger partial charge is 0.407 e. The predicted molar refractivity (Wildman–Crippen MR) is 155 cm³/mol. The van der Waals surface area contributed by atoms with E-state index in [1.54, 1.807) is 27.7 Å². The van der Waals surface area contributed by atoms with Crippen LogP contribution in [0, 0.1) is 19.8 Å². The number of ether oxygens (including phenoxy) is 1. The number of carboxylic acid groups (broad SMARTS) is 1. The fourth-order valence-corrected chi connectivity index (χ4v) is 5.84. The summed E-state index contributed by atoms with van der Waals surface area (Å²) in [6.45, 7) is 13.4. The van der Waals surface area contributed by atoms with Crippen molar-refractivity contribution in [3.05, 3.63) is 82.2 Å². The van der Waals surface area contributed by atoms with Crippen LogP contribution >= 0.6 is 0 Å². The second-order valence-corrected chi connectivity index (χ2v) is 13.4. The molecule has 0 aliphatic rings. The van der Waals surface area contributed by atoms with E-state index in [4.69, 9.17) is 9.72 Å². The molecule has 0 atom stereocenters. The van der Waals surface area contributed by atoms with Crippen LogP contribution in [0.4, 0.5) is 4.79 Å². The Labute approximate surface area is 236 Å². The molecule has 0 radical (unpaired) electrons. The normalized spacial score (nSPS) is 11.9. The Balaban J connectivity index is 2.20. The van der Waals surface area contributed by atoms with Crippen LogP contribution in [0.5, 0.6) is 0 Å². The number of alkyl carbamates (subject to hydrolysis) is 1. The first-order valence-electron chi connectivity index (χ1n) is 13.2. The lowest BCUT2D eigenvalue weighted by Gasteiger charge is -2.24. The van der Waals surface area contributed by atoms with E-state index in [1.165, 1.54) is 24.3 Å². The number of aromatic carboxylic acids is 1. The molecule has 0 saturated heterocycles. The van der Waals surface area contributed by atoms with Crippen LogP contribution in [0.1, 0.15) is 73.1 Å². The average Bonchev–Trinajstić information content (AvgIpc) is 2.84. The summed E-state index contributed by atoms with van der Waals surface area (Å²) in [6.07, 6.45) is 0.0560. The lowest BCUT2D eigenvalue weighted by atomic mass is 9.90. The van der Waals surface area contributed by atoms with Crippen LogP contribution in [-0.4, -0.2) is 36.2 Å². The van der Waals surface area contributed by atoms with Crippen molar-refractivity contribution in [1.82, 2.24) is 10.3 Å². The first kappa shape index (κ1) is 30.8. The lowest BCUT2D eigenvalue weighted by molar-refractivity contribution is 0.0522. The van der Waals surface area contributed by atoms with E-state index in [1.807, 2.05) is 31.2 Å². The van der Waals surface area contributed by atoms with Crippen molar-refractivity contribution in [2.24, 2.45) is 5.92 Å². The Hall–Kier alpha value is -3.72. The number of nitrogens with one attached hydrogen (secondary N) is 1. The van der Waals surface area contributed by atoms with Gasteiger partial charge in [0.25, 0.3) is 0 Å². The van der Waals surface area contributed by atoms with Gasteiger partial charge in [-0.2, -0.15) is 0 Å². The molecular formula is C31H38N2O6S. The van der Waals surface area contributed by atoms with Crippen molar-refractivity contribution >= 4 is 21.9 Å². The highest BCUT2D eigenvalue weighted by molar-refractivity contribution is 7.90. The molecule has 40 heavy (non-hydrogen) atoms. The minimum atomic E-state index is -3.87. The number of carbonyl (C=O) groups excluding carboxylic acids is 1. The molecule has 0 unspecified atom stereocenters. The van der Waals surface area contributed by atoms with Gasteiger partial charge in [-0.3, -0.25) is 4.98 Å². The van der Waals surface area contributed by atoms with Crippen molar-refractivity contribution in [2.75, 3.05) is 0 Å². The molecule has 1 amide bonds. The summed E-state index contributed by atoms with van der Waals surface area (Å²) in [5.41, 5.74) is 4.54. The van der Waals surface area contributed by atoms with Gasteiger partial charge in [-0.25, -0.2) is 18.0 Å². The van der Waals surface area contributed by atoms with Crippen molar-refractivity contribution in [3.8, 4) is 11.1 Å². The van der Waals surface area contributed by atoms with Gasteiger partial charge < -0.3 is 15.2 Å². The van der Waals surface area contributed by atoms with Crippen molar-refractivity contribution in [3.63, 3.8) is 0 Å². The maximum absolute atomic E-state index is 13.6. The highest BCUT2D eigenvalue weighted by atomic mass is 32.2. The Bertz CT molecular complexity index is 1490. The number of carbonyl (C=O) groups is 2. The third-order valence-corrected chi connectivity index (χ3v) is 7.90. The zero-order valence-corrected chi connectivity index (χ0v) is 25.0. The molecule has 2 aromatic carbocycles. The molecule has 0 aliphatic heterocycles. The highest BCUT2D eigenvalue weighted by Gasteiger charge is 2.26. The minimum absolute atomic E-state index is 0.00526. The Kier molecular flexibility index (Phi) is 9.40. The van der Waals surface area contributed by atoms with E-state index in [-0.39, 0.29) is 28.7 Å². The molecule has 1 heterocycles. The van der Waals surface area contributed by atoms with E-state index in [0.29, 0.717) is 23.2 Å². The van der Waals surface area contributed by atoms with Crippen LogP contribution in [0.25, 0.3) is 11.1 Å². The van der Waals surface area contributed by atoms with Crippen molar-refractivity contribution in [2.45, 2.75) is 77.7 Å². The van der Waals surface area contributed by atoms with Gasteiger partial charge in [0, 0.05) is 23.5 Å². The second-order valence-electron chi connectivity index (χ2n) is 11.4. The van der Waals surface area contributed by atoms with E-state index in [2.05, 4.69) is 19.2 Å². The van der Waals surface area contributed by atoms with Gasteiger partial charge >= 0.3 is 12.1 Å². The predicted octanol–water partition coefficient (Wildman–Crippen LogP) is 6.26. The van der Waals surface area contributed by atoms with Gasteiger partial charge in [-0.1, -0.05) is 43.7 Å². The summed E-state index contributed by atoms with van der Waals surface area (Å²) in [7, 11) is -3.87. The molecule has 0 spiro atoms. The number of rotatable bonds is 9. The van der Waals surface area contributed by atoms with Crippen molar-refractivity contribution in [1.29, 1.82) is 0 Å². The third-order valence-electron chi connectivity index (χ3n) is 6.24. The number of amides is 1. The summed E-state index contributed by atoms with van der Waals surface area (Å²) in [5, 5.41) is 12.0. The number of nitrogens with zero attached hydrogens (tertiary/aromatic N) is 1. The molecule has 1 aromatic heterocycles. The highest BCUT2D eigenvalue weighted by Crippen LogP contribution is 2.35. The Morgan fingerprint density at radius 1 is 0.975 bits per heavy atom. The molecule has 2 N–H and O–H groups in total. The van der Waals surface area contributed by atoms with Gasteiger partial charge in [-0.15, -0.1) is 0 Å². The number of aromatic nitrogens is 1. The Morgan fingerprint density at radius 2 is 1.57 bits per heavy atom. The largest absolute Gasteiger partial charge is 0.478 e. The summed E-state index contributed by atoms with van der Waals surface area (Å²) >= 11 is 0. The van der Waals surface area contributed by atoms with Crippen LogP contribution in [0.15, 0.2) is 53.4 Å². The molecule has 9 heteroatoms. The van der Waals surface area contributed by atoms with Gasteiger partial charge in [0.1, 0.15) is 5.60 Å². The fourth-order valence-electron chi connectivity index (χ4n) is 4.39. The van der Waals surface area contributed by atoms with E-state index in [0.717, 1.165) is 22.4 Å². The van der Waals surface area contributed by atoms with Gasteiger partial charge in [0.2, 0.25) is 0 Å². The lowest BCUT2D eigenvalue weighted by Crippen LogP contribution is -2.32. The molecule has 3 rings (SSSR count). The van der Waals surface area contributed by atoms with Crippen LogP contribution in [0.3, 0.4) is 0 Å². The molecule has 0 saturated carbocycles. The van der Waals surface area contributed by atoms with E-state index < -0.39 is 27.5 Å². The first-order valence-corrected chi connectivity index (χ1v) is 14.8. The van der Waals surface area contributed by atoms with Gasteiger partial charge in [0.05, 0.1) is 16.2 Å². The second kappa shape index (κ2) is 12.2. The topological polar surface area (TPSA) is 123 Å². The third kappa shape index (κ3) is 7.91. The SMILES string of the molecule is Cc1ccc(-c2c(CS(=O)(=O)c3ccc(C(=O)O)cc3)c(C)nc(CC(C)C)c2CNC(=O)OC(C)(C)C)cc1. The van der Waals surface area contributed by atoms with Crippen LogP contribution in [-0.2, 0) is 33.3 Å². The summed E-state index contributed by atoms with van der Waals surface area (Å²) < 4.78 is 32.7. The molecular weight excluding hydrogens is 528 g/mol. The zero-order valence-electron chi connectivity index (χ0n) is 24.2. The summed E-state index contributed by atoms with van der Waals surface area (Å²) in [6, 6.07) is 13.0. The van der Waals surface area contributed by atoms with E-state index >= 15 is 0 Å². The van der Waals surface area contributed by atoms with E-state index in [9.17, 15) is 23.1 Å². The number of hydrogen-bond acceptors (Lipinski definition) is 6. The van der Waals surface area contributed by atoms with Gasteiger partial charge in [0.15, 0.2) is 9.84 Å². The van der Waals surface area contributed by atoms with Crippen LogP contribution in [0.2, 0.25) is 0 Å². The fraction of sp³-hybridized carbons (Fsp3) is 0.387. The van der Waals surface area contributed by atoms with Crippen LogP contribution < -0.4 is 5.32 Å². The standard InChI is InChI=1S/C31H38N2O6S/c1-19(2)16-27-25(17-32-30(36)39-31(5,6)7)28(22-10-8-20(3)9-11-22)26(21(4)33-27)18-40(37,38)24-14-12-23(13-15-24)29(34)35/h8-15,19H,16-18H2,1-7H3,(H,32,36)(H,34,35). The summed E-state index contributed by atoms with van der Waals surface area (Å²) in [5.74, 6) is -1.21. The minimum Gasteiger partial charge on any atom is -0.478 e. The molecule has 0 bridgehead atoms. The molecule has 214 valence electrons. The van der Waals surface area contributed by atoms with Gasteiger partial charge in [-0.05, 0) is 87.9 Å². The number of carboxylic acids is 1. The molecule has 3 aromatic rings. The Morgan fingerprint density at radius 3 is 2.10 bits per heavy atom. The maximum atomic E-state index is 13.6. The maximum Gasteiger partial charge on any atom is 0.407 e. The number of pyridine rings is 1. The monoisotopic (exact) mass is 566 g/mol. The number of benzene rings is 2. The average molecular weight is 567 g/mol. The quantitative estimate of drug-likeness (QED) is 0.313. The number of hydrogen-bond donors (Lipinski definition) is 2. The first-order chi connectivity index (χ1) is 18.6. The number of aryl methyl sites for hydroxylation is 2.